The third-order valence-electron chi connectivity index (χ3n) is 6.46. The quantitative estimate of drug-likeness (QED) is 0.388. The molecule has 27 heavy (non-hydrogen) atoms. The van der Waals surface area contributed by atoms with Gasteiger partial charge in [0.05, 0.1) is 18.3 Å². The molecule has 0 spiro atoms. The lowest BCUT2D eigenvalue weighted by atomic mass is 9.78. The maximum atomic E-state index is 6.93. The summed E-state index contributed by atoms with van der Waals surface area (Å²) in [5, 5.41) is 0.209. The average molecular weight is 395 g/mol. The van der Waals surface area contributed by atoms with Crippen LogP contribution < -0.4 is 0 Å². The summed E-state index contributed by atoms with van der Waals surface area (Å²) in [6.45, 7) is 22.3. The summed E-state index contributed by atoms with van der Waals surface area (Å²) in [7, 11) is -1.84. The van der Waals surface area contributed by atoms with Crippen molar-refractivity contribution < 1.29 is 13.9 Å². The predicted molar refractivity (Wildman–Crippen MR) is 116 cm³/mol. The monoisotopic (exact) mass is 394 g/mol. The first-order chi connectivity index (χ1) is 12.2. The van der Waals surface area contributed by atoms with E-state index in [-0.39, 0.29) is 29.3 Å². The topological polar surface area (TPSA) is 27.7 Å². The molecule has 2 aliphatic rings. The number of rotatable bonds is 5. The largest absolute Gasteiger partial charge is 0.413 e. The van der Waals surface area contributed by atoms with Gasteiger partial charge in [0.1, 0.15) is 0 Å². The molecule has 1 heterocycles. The molecule has 1 saturated carbocycles. The van der Waals surface area contributed by atoms with Gasteiger partial charge in [-0.2, -0.15) is 0 Å². The van der Waals surface area contributed by atoms with Crippen molar-refractivity contribution >= 4 is 8.32 Å². The zero-order chi connectivity index (χ0) is 20.6. The normalized spacial score (nSPS) is 31.6. The zero-order valence-electron chi connectivity index (χ0n) is 19.3. The van der Waals surface area contributed by atoms with Crippen LogP contribution in [0.2, 0.25) is 18.1 Å². The van der Waals surface area contributed by atoms with Gasteiger partial charge in [0.15, 0.2) is 14.1 Å². The number of fused-ring (bicyclic) bond motifs is 1. The molecule has 0 N–H and O–H groups in total. The van der Waals surface area contributed by atoms with Gasteiger partial charge in [-0.25, -0.2) is 0 Å². The maximum absolute atomic E-state index is 6.93. The van der Waals surface area contributed by atoms with Crippen molar-refractivity contribution in [3.63, 3.8) is 0 Å². The van der Waals surface area contributed by atoms with Crippen molar-refractivity contribution in [3.8, 4) is 0 Å². The minimum atomic E-state index is -1.84. The van der Waals surface area contributed by atoms with Crippen LogP contribution in [-0.4, -0.2) is 32.4 Å². The van der Waals surface area contributed by atoms with Gasteiger partial charge in [-0.15, -0.1) is 0 Å². The van der Waals surface area contributed by atoms with Gasteiger partial charge in [0.25, 0.3) is 0 Å². The molecule has 0 radical (unpaired) electrons. The lowest BCUT2D eigenvalue weighted by Gasteiger charge is -2.45. The maximum Gasteiger partial charge on any atom is 0.192 e. The first kappa shape index (κ1) is 22.9. The molecule has 0 bridgehead atoms. The molecule has 4 heteroatoms. The highest BCUT2D eigenvalue weighted by atomic mass is 28.4. The van der Waals surface area contributed by atoms with Gasteiger partial charge in [-0.05, 0) is 72.0 Å². The molecule has 0 aromatic heterocycles. The molecule has 2 rings (SSSR count). The van der Waals surface area contributed by atoms with E-state index in [0.29, 0.717) is 0 Å². The fourth-order valence-corrected chi connectivity index (χ4v) is 5.34. The van der Waals surface area contributed by atoms with Crippen molar-refractivity contribution in [3.05, 3.63) is 23.3 Å². The van der Waals surface area contributed by atoms with Crippen LogP contribution in [0.15, 0.2) is 23.3 Å². The first-order valence-electron chi connectivity index (χ1n) is 10.6. The Morgan fingerprint density at radius 1 is 1.07 bits per heavy atom. The van der Waals surface area contributed by atoms with Crippen LogP contribution in [0.1, 0.15) is 74.7 Å². The molecular weight excluding hydrogens is 352 g/mol. The van der Waals surface area contributed by atoms with Crippen molar-refractivity contribution in [1.82, 2.24) is 0 Å². The van der Waals surface area contributed by atoms with Crippen molar-refractivity contribution in [1.29, 1.82) is 0 Å². The third-order valence-corrected chi connectivity index (χ3v) is 11.0. The minimum absolute atomic E-state index is 0.0893. The van der Waals surface area contributed by atoms with Crippen LogP contribution >= 0.6 is 0 Å². The minimum Gasteiger partial charge on any atom is -0.413 e. The van der Waals surface area contributed by atoms with Crippen LogP contribution in [0, 0.1) is 5.92 Å². The third kappa shape index (κ3) is 5.56. The van der Waals surface area contributed by atoms with Gasteiger partial charge in [-0.1, -0.05) is 44.1 Å². The lowest BCUT2D eigenvalue weighted by Crippen LogP contribution is -2.52. The van der Waals surface area contributed by atoms with Crippen LogP contribution in [0.5, 0.6) is 0 Å². The summed E-state index contributed by atoms with van der Waals surface area (Å²) in [5.74, 6) is -0.232. The van der Waals surface area contributed by atoms with Crippen molar-refractivity contribution in [2.75, 3.05) is 0 Å². The molecule has 3 nitrogen and oxygen atoms in total. The molecule has 2 fully saturated rings. The summed E-state index contributed by atoms with van der Waals surface area (Å²) >= 11 is 0. The van der Waals surface area contributed by atoms with Crippen LogP contribution in [0.25, 0.3) is 0 Å². The van der Waals surface area contributed by atoms with Gasteiger partial charge in [0.2, 0.25) is 0 Å². The highest BCUT2D eigenvalue weighted by Crippen LogP contribution is 2.46. The van der Waals surface area contributed by atoms with Crippen LogP contribution in [-0.2, 0) is 13.9 Å². The molecule has 1 aliphatic heterocycles. The molecule has 0 amide bonds. The number of hydrogen-bond donors (Lipinski definition) is 0. The van der Waals surface area contributed by atoms with E-state index >= 15 is 0 Å². The SMILES string of the molecule is CC(C)=CC/C=C(\C)[C@H]1[C@@H]2OC(C)(C)O[C@@H]2CC[C@H]1O[Si](C)(C)C(C)(C)C. The highest BCUT2D eigenvalue weighted by Gasteiger charge is 2.52. The first-order valence-corrected chi connectivity index (χ1v) is 13.5. The van der Waals surface area contributed by atoms with Crippen LogP contribution in [0.3, 0.4) is 0 Å². The highest BCUT2D eigenvalue weighted by molar-refractivity contribution is 6.74. The molecule has 0 aromatic rings. The molecule has 1 aliphatic carbocycles. The Balaban J connectivity index is 2.30. The fourth-order valence-electron chi connectivity index (χ4n) is 3.97. The number of ether oxygens (including phenoxy) is 2. The average Bonchev–Trinajstić information content (AvgIpc) is 2.78. The summed E-state index contributed by atoms with van der Waals surface area (Å²) in [4.78, 5) is 0. The van der Waals surface area contributed by atoms with E-state index in [1.165, 1.54) is 11.1 Å². The Labute approximate surface area is 168 Å². The fraction of sp³-hybridized carbons (Fsp3) is 0.826. The Bertz CT molecular complexity index is 579. The molecule has 4 atom stereocenters. The predicted octanol–water partition coefficient (Wildman–Crippen LogP) is 6.61. The summed E-state index contributed by atoms with van der Waals surface area (Å²) in [6.07, 6.45) is 8.16. The smallest absolute Gasteiger partial charge is 0.192 e. The van der Waals surface area contributed by atoms with Crippen LogP contribution in [0.4, 0.5) is 0 Å². The van der Waals surface area contributed by atoms with Gasteiger partial charge in [-0.3, -0.25) is 0 Å². The van der Waals surface area contributed by atoms with E-state index in [2.05, 4.69) is 66.8 Å². The van der Waals surface area contributed by atoms with E-state index in [0.717, 1.165) is 19.3 Å². The molecular formula is C23H42O3Si. The lowest BCUT2D eigenvalue weighted by molar-refractivity contribution is -0.149. The van der Waals surface area contributed by atoms with E-state index < -0.39 is 14.1 Å². The van der Waals surface area contributed by atoms with E-state index in [4.69, 9.17) is 13.9 Å². The summed E-state index contributed by atoms with van der Waals surface area (Å²) in [6, 6.07) is 0. The van der Waals surface area contributed by atoms with E-state index in [1.807, 2.05) is 13.8 Å². The molecule has 0 aromatic carbocycles. The Morgan fingerprint density at radius 2 is 1.70 bits per heavy atom. The van der Waals surface area contributed by atoms with E-state index in [1.54, 1.807) is 0 Å². The van der Waals surface area contributed by atoms with E-state index in [9.17, 15) is 0 Å². The number of hydrogen-bond acceptors (Lipinski definition) is 3. The molecule has 0 unspecified atom stereocenters. The Kier molecular flexibility index (Phi) is 6.89. The van der Waals surface area contributed by atoms with Gasteiger partial charge >= 0.3 is 0 Å². The van der Waals surface area contributed by atoms with Crippen molar-refractivity contribution in [2.45, 2.75) is 117 Å². The summed E-state index contributed by atoms with van der Waals surface area (Å²) < 4.78 is 19.5. The Morgan fingerprint density at radius 3 is 2.26 bits per heavy atom. The second-order valence-electron chi connectivity index (χ2n) is 10.6. The van der Waals surface area contributed by atoms with Crippen molar-refractivity contribution in [2.24, 2.45) is 5.92 Å². The zero-order valence-corrected chi connectivity index (χ0v) is 20.3. The molecule has 156 valence electrons. The summed E-state index contributed by atoms with van der Waals surface area (Å²) in [5.41, 5.74) is 2.74. The Hall–Kier alpha value is -0.423. The van der Waals surface area contributed by atoms with Gasteiger partial charge in [0, 0.05) is 5.92 Å². The second kappa shape index (κ2) is 8.14. The standard InChI is InChI=1S/C23H42O3Si/c1-16(2)12-11-13-17(3)20-18(26-27(9,10)22(4,5)6)14-15-19-21(20)25-23(7,8)24-19/h12-13,18-21H,11,14-15H2,1-10H3/b17-13+/t18-,19-,20-,21-/m1/s1. The molecule has 1 saturated heterocycles. The number of allylic oxidation sites excluding steroid dienone is 3. The second-order valence-corrected chi connectivity index (χ2v) is 15.4. The van der Waals surface area contributed by atoms with Gasteiger partial charge < -0.3 is 13.9 Å².